The highest BCUT2D eigenvalue weighted by molar-refractivity contribution is 7.89. The molecule has 0 amide bonds. The van der Waals surface area contributed by atoms with Crippen molar-refractivity contribution in [1.29, 1.82) is 0 Å². The Kier molecular flexibility index (Phi) is 5.66. The van der Waals surface area contributed by atoms with Crippen molar-refractivity contribution in [3.05, 3.63) is 24.3 Å². The summed E-state index contributed by atoms with van der Waals surface area (Å²) in [6, 6.07) is 3.59. The molecule has 7 nitrogen and oxygen atoms in total. The van der Waals surface area contributed by atoms with Gasteiger partial charge >= 0.3 is 6.36 Å². The molecule has 2 rings (SSSR count). The normalized spacial score (nSPS) is 18.2. The van der Waals surface area contributed by atoms with Gasteiger partial charge in [0.05, 0.1) is 11.2 Å². The van der Waals surface area contributed by atoms with E-state index in [0.29, 0.717) is 12.8 Å². The van der Waals surface area contributed by atoms with E-state index in [1.54, 1.807) is 0 Å². The lowest BCUT2D eigenvalue weighted by molar-refractivity contribution is -0.274. The Morgan fingerprint density at radius 2 is 1.60 bits per heavy atom. The van der Waals surface area contributed by atoms with Crippen molar-refractivity contribution in [2.45, 2.75) is 30.1 Å². The van der Waals surface area contributed by atoms with Crippen molar-refractivity contribution in [1.82, 2.24) is 9.03 Å². The van der Waals surface area contributed by atoms with Gasteiger partial charge in [-0.1, -0.05) is 0 Å². The molecule has 1 aliphatic rings. The van der Waals surface area contributed by atoms with E-state index in [1.165, 1.54) is 4.31 Å². The number of alkyl halides is 3. The first kappa shape index (κ1) is 19.9. The SMILES string of the molecule is CS(=O)(=O)NC1CCN(S(=O)(=O)c2ccc(OC(F)(F)F)cc2)CC1. The summed E-state index contributed by atoms with van der Waals surface area (Å²) in [5, 5.41) is 0. The molecular weight excluding hydrogens is 385 g/mol. The molecule has 142 valence electrons. The Hall–Kier alpha value is -1.37. The van der Waals surface area contributed by atoms with Gasteiger partial charge < -0.3 is 4.74 Å². The van der Waals surface area contributed by atoms with Crippen LogP contribution < -0.4 is 9.46 Å². The summed E-state index contributed by atoms with van der Waals surface area (Å²) in [6.45, 7) is 0.215. The van der Waals surface area contributed by atoms with Crippen LogP contribution in [0.5, 0.6) is 5.75 Å². The summed E-state index contributed by atoms with van der Waals surface area (Å²) >= 11 is 0. The molecule has 0 radical (unpaired) electrons. The minimum absolute atomic E-state index is 0.107. The van der Waals surface area contributed by atoms with Crippen molar-refractivity contribution < 1.29 is 34.7 Å². The molecule has 0 saturated carbocycles. The second-order valence-corrected chi connectivity index (χ2v) is 9.31. The average molecular weight is 402 g/mol. The van der Waals surface area contributed by atoms with Gasteiger partial charge in [-0.15, -0.1) is 13.2 Å². The third kappa shape index (κ3) is 5.83. The summed E-state index contributed by atoms with van der Waals surface area (Å²) in [6.07, 6.45) is -3.21. The zero-order chi connectivity index (χ0) is 18.9. The van der Waals surface area contributed by atoms with Crippen LogP contribution in [0, 0.1) is 0 Å². The molecule has 0 bridgehead atoms. The van der Waals surface area contributed by atoms with Crippen molar-refractivity contribution in [2.24, 2.45) is 0 Å². The van der Waals surface area contributed by atoms with Gasteiger partial charge in [-0.05, 0) is 37.1 Å². The molecule has 0 unspecified atom stereocenters. The molecule has 1 saturated heterocycles. The van der Waals surface area contributed by atoms with Crippen molar-refractivity contribution in [3.8, 4) is 5.75 Å². The van der Waals surface area contributed by atoms with Gasteiger partial charge in [0, 0.05) is 19.1 Å². The molecule has 1 aromatic carbocycles. The fraction of sp³-hybridized carbons (Fsp3) is 0.538. The molecule has 25 heavy (non-hydrogen) atoms. The fourth-order valence-electron chi connectivity index (χ4n) is 2.48. The van der Waals surface area contributed by atoms with E-state index in [4.69, 9.17) is 0 Å². The van der Waals surface area contributed by atoms with Crippen LogP contribution in [0.15, 0.2) is 29.2 Å². The summed E-state index contributed by atoms with van der Waals surface area (Å²) < 4.78 is 91.1. The molecule has 0 aliphatic carbocycles. The van der Waals surface area contributed by atoms with Gasteiger partial charge in [-0.3, -0.25) is 0 Å². The topological polar surface area (TPSA) is 92.8 Å². The van der Waals surface area contributed by atoms with E-state index >= 15 is 0 Å². The van der Waals surface area contributed by atoms with E-state index in [9.17, 15) is 30.0 Å². The maximum atomic E-state index is 12.5. The number of rotatable bonds is 5. The van der Waals surface area contributed by atoms with Gasteiger partial charge in [0.1, 0.15) is 5.75 Å². The number of ether oxygens (including phenoxy) is 1. The van der Waals surface area contributed by atoms with Gasteiger partial charge in [0.15, 0.2) is 0 Å². The number of nitrogens with one attached hydrogen (secondary N) is 1. The van der Waals surface area contributed by atoms with E-state index in [0.717, 1.165) is 30.5 Å². The monoisotopic (exact) mass is 402 g/mol. The van der Waals surface area contributed by atoms with Crippen molar-refractivity contribution in [2.75, 3.05) is 19.3 Å². The van der Waals surface area contributed by atoms with Crippen LogP contribution in [0.4, 0.5) is 13.2 Å². The second kappa shape index (κ2) is 7.09. The Bertz CT molecular complexity index is 799. The predicted octanol–water partition coefficient (Wildman–Crippen LogP) is 1.29. The summed E-state index contributed by atoms with van der Waals surface area (Å²) in [5.74, 6) is -0.512. The summed E-state index contributed by atoms with van der Waals surface area (Å²) in [5.41, 5.74) is 0. The largest absolute Gasteiger partial charge is 0.573 e. The zero-order valence-electron chi connectivity index (χ0n) is 13.2. The highest BCUT2D eigenvalue weighted by Crippen LogP contribution is 2.26. The minimum atomic E-state index is -4.85. The molecule has 12 heteroatoms. The lowest BCUT2D eigenvalue weighted by Gasteiger charge is -2.31. The van der Waals surface area contributed by atoms with E-state index in [-0.39, 0.29) is 24.0 Å². The maximum Gasteiger partial charge on any atom is 0.573 e. The van der Waals surface area contributed by atoms with Crippen LogP contribution in [0.1, 0.15) is 12.8 Å². The number of piperidine rings is 1. The van der Waals surface area contributed by atoms with Crippen LogP contribution in [0.3, 0.4) is 0 Å². The van der Waals surface area contributed by atoms with Gasteiger partial charge in [0.2, 0.25) is 20.0 Å². The summed E-state index contributed by atoms with van der Waals surface area (Å²) in [4.78, 5) is -0.156. The molecule has 1 aliphatic heterocycles. The van der Waals surface area contributed by atoms with Crippen LogP contribution >= 0.6 is 0 Å². The van der Waals surface area contributed by atoms with Gasteiger partial charge in [0.25, 0.3) is 0 Å². The van der Waals surface area contributed by atoms with Crippen LogP contribution in [0.2, 0.25) is 0 Å². The Labute approximate surface area is 143 Å². The second-order valence-electron chi connectivity index (χ2n) is 5.59. The summed E-state index contributed by atoms with van der Waals surface area (Å²) in [7, 11) is -7.24. The number of hydrogen-bond donors (Lipinski definition) is 1. The number of halogens is 3. The van der Waals surface area contributed by atoms with E-state index < -0.39 is 32.2 Å². The zero-order valence-corrected chi connectivity index (χ0v) is 14.8. The standard InChI is InChI=1S/C13H17F3N2O5S2/c1-24(19,20)17-10-6-8-18(9-7-10)25(21,22)12-4-2-11(3-5-12)23-13(14,15)16/h2-5,10,17H,6-9H2,1H3. The first-order valence-corrected chi connectivity index (χ1v) is 10.5. The maximum absolute atomic E-state index is 12.5. The first-order chi connectivity index (χ1) is 11.4. The molecule has 1 aromatic rings. The van der Waals surface area contributed by atoms with Crippen LogP contribution in [0.25, 0.3) is 0 Å². The van der Waals surface area contributed by atoms with Gasteiger partial charge in [-0.25, -0.2) is 21.6 Å². The minimum Gasteiger partial charge on any atom is -0.406 e. The average Bonchev–Trinajstić information content (AvgIpc) is 2.45. The number of hydrogen-bond acceptors (Lipinski definition) is 5. The third-order valence-electron chi connectivity index (χ3n) is 3.53. The molecule has 1 N–H and O–H groups in total. The smallest absolute Gasteiger partial charge is 0.406 e. The Morgan fingerprint density at radius 3 is 2.04 bits per heavy atom. The molecule has 0 aromatic heterocycles. The van der Waals surface area contributed by atoms with E-state index in [1.807, 2.05) is 0 Å². The van der Waals surface area contributed by atoms with Crippen LogP contribution in [-0.4, -0.2) is 52.9 Å². The molecule has 0 atom stereocenters. The van der Waals surface area contributed by atoms with Crippen molar-refractivity contribution >= 4 is 20.0 Å². The molecule has 1 heterocycles. The third-order valence-corrected chi connectivity index (χ3v) is 6.20. The van der Waals surface area contributed by atoms with Crippen molar-refractivity contribution in [3.63, 3.8) is 0 Å². The van der Waals surface area contributed by atoms with Gasteiger partial charge in [-0.2, -0.15) is 4.31 Å². The van der Waals surface area contributed by atoms with Crippen LogP contribution in [-0.2, 0) is 20.0 Å². The number of nitrogens with zero attached hydrogens (tertiary/aromatic N) is 1. The molecule has 0 spiro atoms. The lowest BCUT2D eigenvalue weighted by atomic mass is 10.1. The fourth-order valence-corrected chi connectivity index (χ4v) is 4.79. The number of benzene rings is 1. The molecule has 1 fully saturated rings. The Morgan fingerprint density at radius 1 is 1.08 bits per heavy atom. The molecular formula is C13H17F3N2O5S2. The number of sulfonamides is 2. The first-order valence-electron chi connectivity index (χ1n) is 7.20. The highest BCUT2D eigenvalue weighted by Gasteiger charge is 2.32. The Balaban J connectivity index is 2.05. The predicted molar refractivity (Wildman–Crippen MR) is 82.9 cm³/mol. The quantitative estimate of drug-likeness (QED) is 0.801. The van der Waals surface area contributed by atoms with E-state index in [2.05, 4.69) is 9.46 Å². The highest BCUT2D eigenvalue weighted by atomic mass is 32.2. The lowest BCUT2D eigenvalue weighted by Crippen LogP contribution is -2.46.